The van der Waals surface area contributed by atoms with Crippen LogP contribution in [0, 0.1) is 11.3 Å². The van der Waals surface area contributed by atoms with Crippen molar-refractivity contribution in [2.45, 2.75) is 32.5 Å². The number of guanidine groups is 1. The summed E-state index contributed by atoms with van der Waals surface area (Å²) in [6.45, 7) is 1.75. The van der Waals surface area contributed by atoms with Crippen molar-refractivity contribution < 1.29 is 13.5 Å². The van der Waals surface area contributed by atoms with Gasteiger partial charge in [-0.1, -0.05) is 24.3 Å². The Morgan fingerprint density at radius 1 is 1.27 bits per heavy atom. The largest absolute Gasteiger partial charge is 0.433 e. The van der Waals surface area contributed by atoms with E-state index in [1.165, 1.54) is 0 Å². The molecule has 1 aliphatic rings. The summed E-state index contributed by atoms with van der Waals surface area (Å²) in [5.41, 5.74) is 2.30. The quantitative estimate of drug-likeness (QED) is 0.537. The second kappa shape index (κ2) is 10.4. The predicted octanol–water partition coefficient (Wildman–Crippen LogP) is 3.49. The van der Waals surface area contributed by atoms with E-state index in [-0.39, 0.29) is 11.8 Å². The molecule has 0 saturated carbocycles. The summed E-state index contributed by atoms with van der Waals surface area (Å²) in [5.74, 6) is 0.889. The van der Waals surface area contributed by atoms with Gasteiger partial charge in [-0.05, 0) is 43.2 Å². The van der Waals surface area contributed by atoms with Gasteiger partial charge in [-0.2, -0.15) is 14.0 Å². The summed E-state index contributed by atoms with van der Waals surface area (Å²) >= 11 is 0. The van der Waals surface area contributed by atoms with Gasteiger partial charge in [-0.15, -0.1) is 0 Å². The highest BCUT2D eigenvalue weighted by molar-refractivity contribution is 5.80. The fourth-order valence-electron chi connectivity index (χ4n) is 3.38. The molecule has 8 heteroatoms. The average Bonchev–Trinajstić information content (AvgIpc) is 3.21. The van der Waals surface area contributed by atoms with Crippen LogP contribution in [0.4, 0.5) is 14.5 Å². The molecular weight excluding hydrogens is 388 g/mol. The van der Waals surface area contributed by atoms with Gasteiger partial charge in [0.25, 0.3) is 0 Å². The van der Waals surface area contributed by atoms with Crippen molar-refractivity contribution in [3.05, 3.63) is 59.7 Å². The molecule has 158 valence electrons. The third kappa shape index (κ3) is 5.83. The molecule has 0 aliphatic carbocycles. The van der Waals surface area contributed by atoms with E-state index in [9.17, 15) is 8.78 Å². The Kier molecular flexibility index (Phi) is 7.44. The molecule has 1 atom stereocenters. The van der Waals surface area contributed by atoms with Gasteiger partial charge in [0.05, 0.1) is 23.9 Å². The normalized spacial score (nSPS) is 16.4. The number of nitriles is 1. The van der Waals surface area contributed by atoms with Crippen molar-refractivity contribution in [1.29, 1.82) is 5.26 Å². The van der Waals surface area contributed by atoms with Crippen LogP contribution in [0.5, 0.6) is 5.75 Å². The molecule has 1 fully saturated rings. The van der Waals surface area contributed by atoms with Crippen LogP contribution < -0.4 is 20.3 Å². The summed E-state index contributed by atoms with van der Waals surface area (Å²) in [5, 5.41) is 15.6. The molecule has 2 aromatic rings. The third-order valence-corrected chi connectivity index (χ3v) is 4.80. The Morgan fingerprint density at radius 3 is 2.73 bits per heavy atom. The van der Waals surface area contributed by atoms with E-state index in [2.05, 4.69) is 26.4 Å². The molecule has 1 heterocycles. The lowest BCUT2D eigenvalue weighted by Crippen LogP contribution is -2.44. The van der Waals surface area contributed by atoms with Crippen molar-refractivity contribution in [2.75, 3.05) is 24.5 Å². The Balaban J connectivity index is 1.62. The lowest BCUT2D eigenvalue weighted by molar-refractivity contribution is -0.0495. The average molecular weight is 413 g/mol. The molecule has 2 N–H and O–H groups in total. The van der Waals surface area contributed by atoms with E-state index in [0.29, 0.717) is 30.3 Å². The fourth-order valence-corrected chi connectivity index (χ4v) is 3.38. The molecule has 0 radical (unpaired) electrons. The molecule has 0 aromatic heterocycles. The summed E-state index contributed by atoms with van der Waals surface area (Å²) in [4.78, 5) is 6.67. The van der Waals surface area contributed by atoms with E-state index >= 15 is 0 Å². The van der Waals surface area contributed by atoms with Crippen molar-refractivity contribution in [3.8, 4) is 11.8 Å². The maximum atomic E-state index is 12.7. The highest BCUT2D eigenvalue weighted by Gasteiger charge is 2.26. The first-order chi connectivity index (χ1) is 14.6. The van der Waals surface area contributed by atoms with Gasteiger partial charge in [-0.3, -0.25) is 0 Å². The SMILES string of the molecule is CCNC(=NCc1ccc(C#N)cc1)NC1CCN(c2ccccc2OC(F)F)C1. The van der Waals surface area contributed by atoms with E-state index in [4.69, 9.17) is 5.26 Å². The fraction of sp³-hybridized carbons (Fsp3) is 0.364. The first-order valence-electron chi connectivity index (χ1n) is 9.91. The summed E-state index contributed by atoms with van der Waals surface area (Å²) in [7, 11) is 0. The van der Waals surface area contributed by atoms with Gasteiger partial charge in [0.1, 0.15) is 5.75 Å². The van der Waals surface area contributed by atoms with Crippen molar-refractivity contribution >= 4 is 11.6 Å². The molecule has 0 bridgehead atoms. The number of hydrogen-bond acceptors (Lipinski definition) is 4. The standard InChI is InChI=1S/C22H25F2N5O/c1-2-26-22(27-14-17-9-7-16(13-25)8-10-17)28-18-11-12-29(15-18)19-5-3-4-6-20(19)30-21(23)24/h3-10,18,21H,2,11-12,14-15H2,1H3,(H2,26,27,28). The van der Waals surface area contributed by atoms with Gasteiger partial charge < -0.3 is 20.3 Å². The Morgan fingerprint density at radius 2 is 2.03 bits per heavy atom. The Hall–Kier alpha value is -3.34. The zero-order chi connectivity index (χ0) is 21.3. The van der Waals surface area contributed by atoms with Gasteiger partial charge in [0.15, 0.2) is 5.96 Å². The second-order valence-electron chi connectivity index (χ2n) is 6.93. The van der Waals surface area contributed by atoms with Crippen LogP contribution in [0.1, 0.15) is 24.5 Å². The molecule has 1 saturated heterocycles. The third-order valence-electron chi connectivity index (χ3n) is 4.80. The first kappa shape index (κ1) is 21.4. The number of halogens is 2. The summed E-state index contributed by atoms with van der Waals surface area (Å²) < 4.78 is 30.1. The number of rotatable bonds is 7. The van der Waals surface area contributed by atoms with Crippen LogP contribution in [-0.2, 0) is 6.54 Å². The number of anilines is 1. The van der Waals surface area contributed by atoms with E-state index in [0.717, 1.165) is 25.1 Å². The molecule has 6 nitrogen and oxygen atoms in total. The van der Waals surface area contributed by atoms with Crippen LogP contribution in [0.2, 0.25) is 0 Å². The number of para-hydroxylation sites is 2. The molecule has 2 aromatic carbocycles. The van der Waals surface area contributed by atoms with Crippen molar-refractivity contribution in [3.63, 3.8) is 0 Å². The van der Waals surface area contributed by atoms with Crippen molar-refractivity contribution in [2.24, 2.45) is 4.99 Å². The van der Waals surface area contributed by atoms with Crippen LogP contribution in [0.25, 0.3) is 0 Å². The molecule has 0 amide bonds. The number of hydrogen-bond donors (Lipinski definition) is 2. The first-order valence-corrected chi connectivity index (χ1v) is 9.91. The lowest BCUT2D eigenvalue weighted by atomic mass is 10.1. The Bertz CT molecular complexity index is 895. The van der Waals surface area contributed by atoms with Crippen LogP contribution >= 0.6 is 0 Å². The maximum absolute atomic E-state index is 12.7. The number of nitrogens with one attached hydrogen (secondary N) is 2. The van der Waals surface area contributed by atoms with Gasteiger partial charge in [-0.25, -0.2) is 4.99 Å². The Labute approximate surface area is 175 Å². The van der Waals surface area contributed by atoms with Crippen molar-refractivity contribution in [1.82, 2.24) is 10.6 Å². The molecule has 30 heavy (non-hydrogen) atoms. The highest BCUT2D eigenvalue weighted by Crippen LogP contribution is 2.31. The minimum atomic E-state index is -2.85. The summed E-state index contributed by atoms with van der Waals surface area (Å²) in [6, 6.07) is 16.4. The maximum Gasteiger partial charge on any atom is 0.387 e. The van der Waals surface area contributed by atoms with Gasteiger partial charge in [0, 0.05) is 25.7 Å². The number of aliphatic imine (C=N–C) groups is 1. The predicted molar refractivity (Wildman–Crippen MR) is 113 cm³/mol. The minimum Gasteiger partial charge on any atom is -0.433 e. The topological polar surface area (TPSA) is 72.7 Å². The molecular formula is C22H25F2N5O. The monoisotopic (exact) mass is 413 g/mol. The molecule has 3 rings (SSSR count). The van der Waals surface area contributed by atoms with Gasteiger partial charge >= 0.3 is 6.61 Å². The smallest absolute Gasteiger partial charge is 0.387 e. The van der Waals surface area contributed by atoms with Crippen LogP contribution in [0.3, 0.4) is 0 Å². The molecule has 1 aliphatic heterocycles. The zero-order valence-corrected chi connectivity index (χ0v) is 16.8. The minimum absolute atomic E-state index is 0.128. The summed E-state index contributed by atoms with van der Waals surface area (Å²) in [6.07, 6.45) is 0.851. The van der Waals surface area contributed by atoms with Gasteiger partial charge in [0.2, 0.25) is 0 Å². The lowest BCUT2D eigenvalue weighted by Gasteiger charge is -2.22. The van der Waals surface area contributed by atoms with E-state index in [1.54, 1.807) is 30.3 Å². The zero-order valence-electron chi connectivity index (χ0n) is 16.8. The highest BCUT2D eigenvalue weighted by atomic mass is 19.3. The molecule has 1 unspecified atom stereocenters. The van der Waals surface area contributed by atoms with Crippen LogP contribution in [-0.4, -0.2) is 38.2 Å². The van der Waals surface area contributed by atoms with E-state index < -0.39 is 6.61 Å². The number of nitrogens with zero attached hydrogens (tertiary/aromatic N) is 3. The van der Waals surface area contributed by atoms with E-state index in [1.807, 2.05) is 30.0 Å². The van der Waals surface area contributed by atoms with Crippen LogP contribution in [0.15, 0.2) is 53.5 Å². The number of benzene rings is 2. The second-order valence-corrected chi connectivity index (χ2v) is 6.93. The number of alkyl halides is 2. The number of ether oxygens (including phenoxy) is 1. The molecule has 0 spiro atoms.